The molecule has 2 amide bonds. The van der Waals surface area contributed by atoms with Crippen LogP contribution in [-0.2, 0) is 9.59 Å². The highest BCUT2D eigenvalue weighted by molar-refractivity contribution is 5.94. The fourth-order valence-electron chi connectivity index (χ4n) is 1.74. The van der Waals surface area contributed by atoms with Crippen LogP contribution in [0.4, 0.5) is 10.1 Å². The van der Waals surface area contributed by atoms with Crippen LogP contribution < -0.4 is 10.6 Å². The third kappa shape index (κ3) is 3.06. The van der Waals surface area contributed by atoms with Gasteiger partial charge in [-0.3, -0.25) is 9.59 Å². The molecule has 1 saturated carbocycles. The molecule has 1 aliphatic carbocycles. The number of anilines is 1. The third-order valence-electron chi connectivity index (χ3n) is 3.05. The summed E-state index contributed by atoms with van der Waals surface area (Å²) in [5, 5.41) is 4.96. The second kappa shape index (κ2) is 5.62. The maximum Gasteiger partial charge on any atom is 0.243 e. The van der Waals surface area contributed by atoms with Crippen LogP contribution in [-0.4, -0.2) is 18.4 Å². The van der Waals surface area contributed by atoms with Crippen molar-refractivity contribution in [3.05, 3.63) is 30.1 Å². The Kier molecular flexibility index (Phi) is 3.92. The molecular weight excluding hydrogens is 235 g/mol. The van der Waals surface area contributed by atoms with Crippen LogP contribution in [0.25, 0.3) is 0 Å². The Morgan fingerprint density at radius 1 is 1.28 bits per heavy atom. The topological polar surface area (TPSA) is 58.2 Å². The number of hydrogen-bond acceptors (Lipinski definition) is 2. The summed E-state index contributed by atoms with van der Waals surface area (Å²) >= 11 is 0. The first-order valence-electron chi connectivity index (χ1n) is 5.99. The lowest BCUT2D eigenvalue weighted by molar-refractivity contribution is -0.129. The first kappa shape index (κ1) is 12.5. The Labute approximate surface area is 105 Å². The fraction of sp³-hybridized carbons (Fsp3) is 0.385. The maximum absolute atomic E-state index is 13.2. The number of benzene rings is 1. The van der Waals surface area contributed by atoms with Gasteiger partial charge < -0.3 is 10.6 Å². The molecule has 1 aliphatic rings. The van der Waals surface area contributed by atoms with Crippen LogP contribution in [0, 0.1) is 11.7 Å². The Morgan fingerprint density at radius 2 is 2.00 bits per heavy atom. The van der Waals surface area contributed by atoms with Gasteiger partial charge in [-0.15, -0.1) is 0 Å². The van der Waals surface area contributed by atoms with E-state index in [-0.39, 0.29) is 24.1 Å². The summed E-state index contributed by atoms with van der Waals surface area (Å²) < 4.78 is 13.2. The van der Waals surface area contributed by atoms with Gasteiger partial charge in [0.05, 0.1) is 12.2 Å². The summed E-state index contributed by atoms with van der Waals surface area (Å²) in [5.74, 6) is -0.958. The number of rotatable bonds is 4. The number of para-hydroxylation sites is 1. The quantitative estimate of drug-likeness (QED) is 0.854. The standard InChI is InChI=1S/C13H15FN2O2/c14-10-6-1-2-7-11(10)16-12(17)8-15-13(18)9-4-3-5-9/h1-2,6-7,9H,3-5,8H2,(H,15,18)(H,16,17). The number of nitrogens with one attached hydrogen (secondary N) is 2. The Balaban J connectivity index is 1.78. The van der Waals surface area contributed by atoms with Gasteiger partial charge in [-0.25, -0.2) is 4.39 Å². The van der Waals surface area contributed by atoms with Crippen LogP contribution in [0.1, 0.15) is 19.3 Å². The number of carbonyl (C=O) groups is 2. The summed E-state index contributed by atoms with van der Waals surface area (Å²) in [5.41, 5.74) is 0.125. The molecule has 2 rings (SSSR count). The minimum absolute atomic E-state index is 0.0475. The maximum atomic E-state index is 13.2. The minimum atomic E-state index is -0.490. The largest absolute Gasteiger partial charge is 0.347 e. The lowest BCUT2D eigenvalue weighted by atomic mass is 9.85. The molecule has 96 valence electrons. The molecular formula is C13H15FN2O2. The Morgan fingerprint density at radius 3 is 2.61 bits per heavy atom. The van der Waals surface area contributed by atoms with Gasteiger partial charge in [-0.05, 0) is 25.0 Å². The van der Waals surface area contributed by atoms with Gasteiger partial charge in [-0.1, -0.05) is 18.6 Å². The lowest BCUT2D eigenvalue weighted by Crippen LogP contribution is -2.39. The number of carbonyl (C=O) groups excluding carboxylic acids is 2. The van der Waals surface area contributed by atoms with Crippen molar-refractivity contribution >= 4 is 17.5 Å². The Hall–Kier alpha value is -1.91. The van der Waals surface area contributed by atoms with Crippen molar-refractivity contribution in [1.29, 1.82) is 0 Å². The average molecular weight is 250 g/mol. The van der Waals surface area contributed by atoms with Crippen LogP contribution >= 0.6 is 0 Å². The van der Waals surface area contributed by atoms with E-state index in [0.717, 1.165) is 19.3 Å². The lowest BCUT2D eigenvalue weighted by Gasteiger charge is -2.23. The summed E-state index contributed by atoms with van der Waals surface area (Å²) in [4.78, 5) is 23.0. The van der Waals surface area contributed by atoms with Gasteiger partial charge in [0.1, 0.15) is 5.82 Å². The summed E-state index contributed by atoms with van der Waals surface area (Å²) in [6.45, 7) is -0.121. The van der Waals surface area contributed by atoms with Crippen LogP contribution in [0.3, 0.4) is 0 Å². The molecule has 2 N–H and O–H groups in total. The van der Waals surface area contributed by atoms with E-state index in [1.54, 1.807) is 12.1 Å². The number of halogens is 1. The highest BCUT2D eigenvalue weighted by Gasteiger charge is 2.25. The zero-order chi connectivity index (χ0) is 13.0. The Bertz CT molecular complexity index is 458. The first-order valence-corrected chi connectivity index (χ1v) is 5.99. The molecule has 0 bridgehead atoms. The van der Waals surface area contributed by atoms with Gasteiger partial charge in [0, 0.05) is 5.92 Å². The molecule has 0 aliphatic heterocycles. The normalized spacial score (nSPS) is 14.7. The van der Waals surface area contributed by atoms with E-state index in [2.05, 4.69) is 10.6 Å². The predicted molar refractivity (Wildman–Crippen MR) is 65.4 cm³/mol. The monoisotopic (exact) mass is 250 g/mol. The average Bonchev–Trinajstić information content (AvgIpc) is 2.27. The molecule has 18 heavy (non-hydrogen) atoms. The second-order valence-corrected chi connectivity index (χ2v) is 4.37. The molecule has 1 aromatic carbocycles. The molecule has 0 atom stereocenters. The van der Waals surface area contributed by atoms with Crippen LogP contribution in [0.2, 0.25) is 0 Å². The van der Waals surface area contributed by atoms with Crippen molar-refractivity contribution in [2.45, 2.75) is 19.3 Å². The molecule has 0 heterocycles. The predicted octanol–water partition coefficient (Wildman–Crippen LogP) is 1.68. The van der Waals surface area contributed by atoms with E-state index >= 15 is 0 Å². The summed E-state index contributed by atoms with van der Waals surface area (Å²) in [6.07, 6.45) is 2.85. The zero-order valence-electron chi connectivity index (χ0n) is 9.91. The molecule has 0 saturated heterocycles. The van der Waals surface area contributed by atoms with Crippen molar-refractivity contribution < 1.29 is 14.0 Å². The SMILES string of the molecule is O=C(CNC(=O)C1CCC1)Nc1ccccc1F. The van der Waals surface area contributed by atoms with Gasteiger partial charge >= 0.3 is 0 Å². The van der Waals surface area contributed by atoms with Crippen molar-refractivity contribution in [2.24, 2.45) is 5.92 Å². The zero-order valence-corrected chi connectivity index (χ0v) is 9.91. The van der Waals surface area contributed by atoms with E-state index in [1.165, 1.54) is 12.1 Å². The molecule has 5 heteroatoms. The molecule has 4 nitrogen and oxygen atoms in total. The number of amides is 2. The molecule has 0 spiro atoms. The highest BCUT2D eigenvalue weighted by Crippen LogP contribution is 2.26. The van der Waals surface area contributed by atoms with Gasteiger partial charge in [-0.2, -0.15) is 0 Å². The highest BCUT2D eigenvalue weighted by atomic mass is 19.1. The molecule has 1 aromatic rings. The van der Waals surface area contributed by atoms with E-state index in [1.807, 2.05) is 0 Å². The molecule has 0 radical (unpaired) electrons. The third-order valence-corrected chi connectivity index (χ3v) is 3.05. The van der Waals surface area contributed by atoms with Crippen LogP contribution in [0.15, 0.2) is 24.3 Å². The van der Waals surface area contributed by atoms with Gasteiger partial charge in [0.2, 0.25) is 11.8 Å². The molecule has 1 fully saturated rings. The van der Waals surface area contributed by atoms with E-state index < -0.39 is 11.7 Å². The molecule has 0 aromatic heterocycles. The second-order valence-electron chi connectivity index (χ2n) is 4.37. The van der Waals surface area contributed by atoms with Gasteiger partial charge in [0.25, 0.3) is 0 Å². The van der Waals surface area contributed by atoms with Gasteiger partial charge in [0.15, 0.2) is 0 Å². The van der Waals surface area contributed by atoms with Crippen molar-refractivity contribution in [2.75, 3.05) is 11.9 Å². The van der Waals surface area contributed by atoms with Crippen molar-refractivity contribution in [3.63, 3.8) is 0 Å². The molecule has 0 unspecified atom stereocenters. The summed E-state index contributed by atoms with van der Waals surface area (Å²) in [7, 11) is 0. The summed E-state index contributed by atoms with van der Waals surface area (Å²) in [6, 6.07) is 5.92. The van der Waals surface area contributed by atoms with Crippen molar-refractivity contribution in [3.8, 4) is 0 Å². The fourth-order valence-corrected chi connectivity index (χ4v) is 1.74. The first-order chi connectivity index (χ1) is 8.66. The van der Waals surface area contributed by atoms with E-state index in [9.17, 15) is 14.0 Å². The van der Waals surface area contributed by atoms with E-state index in [0.29, 0.717) is 0 Å². The smallest absolute Gasteiger partial charge is 0.243 e. The van der Waals surface area contributed by atoms with Crippen molar-refractivity contribution in [1.82, 2.24) is 5.32 Å². The number of hydrogen-bond donors (Lipinski definition) is 2. The minimum Gasteiger partial charge on any atom is -0.347 e. The van der Waals surface area contributed by atoms with Crippen LogP contribution in [0.5, 0.6) is 0 Å². The van der Waals surface area contributed by atoms with E-state index in [4.69, 9.17) is 0 Å².